The van der Waals surface area contributed by atoms with Crippen molar-refractivity contribution in [3.63, 3.8) is 0 Å². The predicted octanol–water partition coefficient (Wildman–Crippen LogP) is 2.57. The summed E-state index contributed by atoms with van der Waals surface area (Å²) >= 11 is 0. The molecule has 17 heavy (non-hydrogen) atoms. The molecule has 0 aliphatic rings. The van der Waals surface area contributed by atoms with Crippen LogP contribution in [0.5, 0.6) is 0 Å². The fourth-order valence-corrected chi connectivity index (χ4v) is 1.36. The molecule has 1 aromatic carbocycles. The Hall–Kier alpha value is -1.65. The molecule has 0 fully saturated rings. The van der Waals surface area contributed by atoms with E-state index in [1.54, 1.807) is 13.8 Å². The zero-order valence-corrected chi connectivity index (χ0v) is 9.96. The van der Waals surface area contributed by atoms with E-state index in [0.29, 0.717) is 5.69 Å². The smallest absolute Gasteiger partial charge is 0.310 e. The van der Waals surface area contributed by atoms with Crippen LogP contribution < -0.4 is 5.32 Å². The monoisotopic (exact) mass is 243 g/mol. The summed E-state index contributed by atoms with van der Waals surface area (Å²) < 4.78 is 30.3. The summed E-state index contributed by atoms with van der Waals surface area (Å²) in [5, 5.41) is 2.92. The minimum Gasteiger partial charge on any atom is -0.469 e. The molecule has 2 atom stereocenters. The van der Waals surface area contributed by atoms with Crippen LogP contribution in [-0.4, -0.2) is 19.1 Å². The molecule has 0 spiro atoms. The molecule has 0 amide bonds. The van der Waals surface area contributed by atoms with Crippen molar-refractivity contribution in [2.24, 2.45) is 5.92 Å². The maximum Gasteiger partial charge on any atom is 0.310 e. The Balaban J connectivity index is 2.70. The number of methoxy groups -OCH3 is 1. The summed E-state index contributed by atoms with van der Waals surface area (Å²) in [5.41, 5.74) is 0.423. The van der Waals surface area contributed by atoms with Crippen molar-refractivity contribution in [3.05, 3.63) is 29.8 Å². The zero-order valence-electron chi connectivity index (χ0n) is 9.96. The van der Waals surface area contributed by atoms with Gasteiger partial charge < -0.3 is 10.1 Å². The maximum absolute atomic E-state index is 12.9. The standard InChI is InChI=1S/C12H15F2NO2/c1-7(12(16)17-3)8(2)15-9-4-5-10(13)11(14)6-9/h4-8,15H,1-3H3. The number of ether oxygens (including phenoxy) is 1. The number of halogens is 2. The van der Waals surface area contributed by atoms with Crippen LogP contribution in [0.15, 0.2) is 18.2 Å². The lowest BCUT2D eigenvalue weighted by molar-refractivity contribution is -0.145. The quantitative estimate of drug-likeness (QED) is 0.826. The van der Waals surface area contributed by atoms with Gasteiger partial charge in [0, 0.05) is 17.8 Å². The van der Waals surface area contributed by atoms with E-state index >= 15 is 0 Å². The van der Waals surface area contributed by atoms with Crippen molar-refractivity contribution in [3.8, 4) is 0 Å². The van der Waals surface area contributed by atoms with Gasteiger partial charge in [-0.15, -0.1) is 0 Å². The van der Waals surface area contributed by atoms with Gasteiger partial charge in [-0.1, -0.05) is 0 Å². The van der Waals surface area contributed by atoms with E-state index < -0.39 is 11.6 Å². The molecular formula is C12H15F2NO2. The Morgan fingerprint density at radius 2 is 1.94 bits per heavy atom. The Bertz CT molecular complexity index is 409. The van der Waals surface area contributed by atoms with E-state index in [0.717, 1.165) is 12.1 Å². The molecule has 3 nitrogen and oxygen atoms in total. The molecule has 0 saturated heterocycles. The van der Waals surface area contributed by atoms with Gasteiger partial charge in [0.05, 0.1) is 13.0 Å². The number of rotatable bonds is 4. The Kier molecular flexibility index (Phi) is 4.43. The summed E-state index contributed by atoms with van der Waals surface area (Å²) in [6.07, 6.45) is 0. The molecule has 0 aromatic heterocycles. The highest BCUT2D eigenvalue weighted by Crippen LogP contribution is 2.16. The third-order valence-corrected chi connectivity index (χ3v) is 2.64. The van der Waals surface area contributed by atoms with Crippen molar-refractivity contribution in [2.45, 2.75) is 19.9 Å². The number of nitrogens with one attached hydrogen (secondary N) is 1. The molecular weight excluding hydrogens is 228 g/mol. The van der Waals surface area contributed by atoms with Crippen LogP contribution in [0, 0.1) is 17.6 Å². The fourth-order valence-electron chi connectivity index (χ4n) is 1.36. The molecule has 0 aliphatic heterocycles. The Labute approximate surface area is 98.8 Å². The van der Waals surface area contributed by atoms with Gasteiger partial charge in [0.1, 0.15) is 0 Å². The number of esters is 1. The van der Waals surface area contributed by atoms with Crippen LogP contribution in [0.1, 0.15) is 13.8 Å². The first-order valence-electron chi connectivity index (χ1n) is 5.25. The third kappa shape index (κ3) is 3.41. The van der Waals surface area contributed by atoms with Crippen LogP contribution >= 0.6 is 0 Å². The van der Waals surface area contributed by atoms with E-state index in [-0.39, 0.29) is 17.9 Å². The van der Waals surface area contributed by atoms with Gasteiger partial charge in [0.15, 0.2) is 11.6 Å². The number of anilines is 1. The molecule has 0 heterocycles. The third-order valence-electron chi connectivity index (χ3n) is 2.64. The second kappa shape index (κ2) is 5.61. The van der Waals surface area contributed by atoms with E-state index in [4.69, 9.17) is 0 Å². The fraction of sp³-hybridized carbons (Fsp3) is 0.417. The van der Waals surface area contributed by atoms with Gasteiger partial charge in [-0.05, 0) is 26.0 Å². The second-order valence-electron chi connectivity index (χ2n) is 3.87. The topological polar surface area (TPSA) is 38.3 Å². The first kappa shape index (κ1) is 13.4. The van der Waals surface area contributed by atoms with Gasteiger partial charge >= 0.3 is 5.97 Å². The first-order chi connectivity index (χ1) is 7.95. The lowest BCUT2D eigenvalue weighted by Gasteiger charge is -2.20. The summed E-state index contributed by atoms with van der Waals surface area (Å²) in [6.45, 7) is 3.46. The van der Waals surface area contributed by atoms with Gasteiger partial charge in [0.25, 0.3) is 0 Å². The number of carbonyl (C=O) groups is 1. The van der Waals surface area contributed by atoms with Gasteiger partial charge in [-0.2, -0.15) is 0 Å². The first-order valence-corrected chi connectivity index (χ1v) is 5.25. The van der Waals surface area contributed by atoms with Gasteiger partial charge in [-0.3, -0.25) is 4.79 Å². The predicted molar refractivity (Wildman–Crippen MR) is 60.6 cm³/mol. The number of carbonyl (C=O) groups excluding carboxylic acids is 1. The molecule has 1 aromatic rings. The van der Waals surface area contributed by atoms with Crippen molar-refractivity contribution < 1.29 is 18.3 Å². The van der Waals surface area contributed by atoms with Crippen LogP contribution in [0.25, 0.3) is 0 Å². The molecule has 94 valence electrons. The molecule has 5 heteroatoms. The summed E-state index contributed by atoms with van der Waals surface area (Å²) in [7, 11) is 1.31. The lowest BCUT2D eigenvalue weighted by atomic mass is 10.0. The average Bonchev–Trinajstić information content (AvgIpc) is 2.31. The van der Waals surface area contributed by atoms with E-state index in [9.17, 15) is 13.6 Å². The second-order valence-corrected chi connectivity index (χ2v) is 3.87. The Morgan fingerprint density at radius 3 is 2.47 bits per heavy atom. The molecule has 1 N–H and O–H groups in total. The van der Waals surface area contributed by atoms with Crippen LogP contribution in [-0.2, 0) is 9.53 Å². The van der Waals surface area contributed by atoms with Crippen LogP contribution in [0.2, 0.25) is 0 Å². The largest absolute Gasteiger partial charge is 0.469 e. The van der Waals surface area contributed by atoms with Gasteiger partial charge in [0.2, 0.25) is 0 Å². The minimum atomic E-state index is -0.923. The molecule has 1 rings (SSSR count). The molecule has 0 radical (unpaired) electrons. The zero-order chi connectivity index (χ0) is 13.0. The van der Waals surface area contributed by atoms with Gasteiger partial charge in [-0.25, -0.2) is 8.78 Å². The summed E-state index contributed by atoms with van der Waals surface area (Å²) in [4.78, 5) is 11.3. The van der Waals surface area contributed by atoms with Crippen molar-refractivity contribution in [1.82, 2.24) is 0 Å². The highest BCUT2D eigenvalue weighted by Gasteiger charge is 2.20. The molecule has 0 bridgehead atoms. The normalized spacial score (nSPS) is 13.9. The van der Waals surface area contributed by atoms with E-state index in [1.165, 1.54) is 13.2 Å². The van der Waals surface area contributed by atoms with Crippen molar-refractivity contribution in [1.29, 1.82) is 0 Å². The minimum absolute atomic E-state index is 0.243. The van der Waals surface area contributed by atoms with Crippen LogP contribution in [0.4, 0.5) is 14.5 Å². The van der Waals surface area contributed by atoms with Crippen molar-refractivity contribution >= 4 is 11.7 Å². The highest BCUT2D eigenvalue weighted by atomic mass is 19.2. The number of hydrogen-bond acceptors (Lipinski definition) is 3. The highest BCUT2D eigenvalue weighted by molar-refractivity contribution is 5.73. The molecule has 2 unspecified atom stereocenters. The van der Waals surface area contributed by atoms with Crippen LogP contribution in [0.3, 0.4) is 0 Å². The molecule has 0 aliphatic carbocycles. The average molecular weight is 243 g/mol. The SMILES string of the molecule is COC(=O)C(C)C(C)Nc1ccc(F)c(F)c1. The molecule has 0 saturated carbocycles. The summed E-state index contributed by atoms with van der Waals surface area (Å²) in [5.74, 6) is -2.56. The number of hydrogen-bond donors (Lipinski definition) is 1. The maximum atomic E-state index is 12.9. The van der Waals surface area contributed by atoms with Crippen molar-refractivity contribution in [2.75, 3.05) is 12.4 Å². The lowest BCUT2D eigenvalue weighted by Crippen LogP contribution is -2.30. The number of benzene rings is 1. The van der Waals surface area contributed by atoms with E-state index in [2.05, 4.69) is 10.1 Å². The Morgan fingerprint density at radius 1 is 1.29 bits per heavy atom. The van der Waals surface area contributed by atoms with E-state index in [1.807, 2.05) is 0 Å². The summed E-state index contributed by atoms with van der Waals surface area (Å²) in [6, 6.07) is 3.26.